The Morgan fingerprint density at radius 3 is 2.62 bits per heavy atom. The number of carbonyl (C=O) groups excluding carboxylic acids is 1. The van der Waals surface area contributed by atoms with Crippen molar-refractivity contribution < 1.29 is 9.53 Å². The second-order valence-corrected chi connectivity index (χ2v) is 8.33. The quantitative estimate of drug-likeness (QED) is 0.820. The zero-order valence-electron chi connectivity index (χ0n) is 14.4. The molecule has 1 saturated carbocycles. The summed E-state index contributed by atoms with van der Waals surface area (Å²) in [6.07, 6.45) is 2.06. The Labute approximate surface area is 158 Å². The van der Waals surface area contributed by atoms with E-state index in [9.17, 15) is 4.79 Å². The van der Waals surface area contributed by atoms with Gasteiger partial charge >= 0.3 is 0 Å². The number of hydrogen-bond donors (Lipinski definition) is 1. The van der Waals surface area contributed by atoms with Crippen molar-refractivity contribution in [1.29, 1.82) is 0 Å². The summed E-state index contributed by atoms with van der Waals surface area (Å²) in [6, 6.07) is 8.03. The number of benzene rings is 1. The van der Waals surface area contributed by atoms with Crippen LogP contribution in [0, 0.1) is 11.3 Å². The number of rotatable bonds is 3. The largest absolute Gasteiger partial charge is 0.377 e. The summed E-state index contributed by atoms with van der Waals surface area (Å²) in [5, 5.41) is 0. The van der Waals surface area contributed by atoms with Crippen LogP contribution in [-0.4, -0.2) is 36.1 Å². The van der Waals surface area contributed by atoms with Gasteiger partial charge in [0.15, 0.2) is 0 Å². The van der Waals surface area contributed by atoms with E-state index in [1.807, 2.05) is 31.3 Å². The van der Waals surface area contributed by atoms with Gasteiger partial charge in [-0.1, -0.05) is 41.9 Å². The first-order chi connectivity index (χ1) is 10.8. The maximum Gasteiger partial charge on any atom is 0.243 e. The normalized spacial score (nSPS) is 30.5. The van der Waals surface area contributed by atoms with E-state index in [-0.39, 0.29) is 35.8 Å². The summed E-state index contributed by atoms with van der Waals surface area (Å²) in [5.41, 5.74) is 6.62. The van der Waals surface area contributed by atoms with Gasteiger partial charge in [0.1, 0.15) is 5.54 Å². The van der Waals surface area contributed by atoms with Crippen LogP contribution in [-0.2, 0) is 16.1 Å². The predicted octanol–water partition coefficient (Wildman–Crippen LogP) is 3.36. The lowest BCUT2D eigenvalue weighted by Crippen LogP contribution is -2.82. The Morgan fingerprint density at radius 2 is 2.00 bits per heavy atom. The number of likely N-dealkylation sites (N-methyl/N-ethyl adjacent to an activating group) is 1. The topological polar surface area (TPSA) is 55.6 Å². The third-order valence-corrected chi connectivity index (χ3v) is 6.25. The van der Waals surface area contributed by atoms with Gasteiger partial charge in [0.2, 0.25) is 5.91 Å². The molecule has 134 valence electrons. The second kappa shape index (κ2) is 6.94. The van der Waals surface area contributed by atoms with E-state index in [2.05, 4.69) is 29.8 Å². The van der Waals surface area contributed by atoms with Crippen LogP contribution in [0.4, 0.5) is 0 Å². The lowest BCUT2D eigenvalue weighted by Gasteiger charge is -2.65. The maximum atomic E-state index is 13.1. The average Bonchev–Trinajstić information content (AvgIpc) is 2.55. The van der Waals surface area contributed by atoms with Gasteiger partial charge in [0, 0.05) is 36.0 Å². The molecule has 1 heterocycles. The molecule has 1 aliphatic carbocycles. The summed E-state index contributed by atoms with van der Waals surface area (Å²) in [6.45, 7) is 5.47. The van der Waals surface area contributed by atoms with Crippen molar-refractivity contribution in [2.75, 3.05) is 13.7 Å². The minimum Gasteiger partial charge on any atom is -0.377 e. The summed E-state index contributed by atoms with van der Waals surface area (Å²) in [7, 11) is 1.84. The Hall–Kier alpha value is -0.620. The lowest BCUT2D eigenvalue weighted by molar-refractivity contribution is -0.229. The summed E-state index contributed by atoms with van der Waals surface area (Å²) in [5.74, 6) is 0.156. The van der Waals surface area contributed by atoms with Crippen LogP contribution in [0.15, 0.2) is 28.7 Å². The predicted molar refractivity (Wildman–Crippen MR) is 101 cm³/mol. The average molecular weight is 418 g/mol. The lowest BCUT2D eigenvalue weighted by atomic mass is 9.46. The Bertz CT molecular complexity index is 608. The molecule has 2 fully saturated rings. The highest BCUT2D eigenvalue weighted by molar-refractivity contribution is 9.10. The Morgan fingerprint density at radius 1 is 1.38 bits per heavy atom. The first kappa shape index (κ1) is 19.7. The molecule has 2 N–H and O–H groups in total. The van der Waals surface area contributed by atoms with Crippen LogP contribution in [0.25, 0.3) is 0 Å². The zero-order chi connectivity index (χ0) is 16.8. The molecule has 24 heavy (non-hydrogen) atoms. The molecule has 3 rings (SSSR count). The Kier molecular flexibility index (Phi) is 5.70. The van der Waals surface area contributed by atoms with Gasteiger partial charge in [0.05, 0.1) is 6.10 Å². The first-order valence-corrected chi connectivity index (χ1v) is 8.98. The molecule has 1 aromatic carbocycles. The van der Waals surface area contributed by atoms with Crippen LogP contribution in [0.2, 0.25) is 0 Å². The van der Waals surface area contributed by atoms with E-state index in [0.717, 1.165) is 29.5 Å². The van der Waals surface area contributed by atoms with Gasteiger partial charge in [-0.2, -0.15) is 0 Å². The van der Waals surface area contributed by atoms with Gasteiger partial charge in [-0.05, 0) is 30.5 Å². The van der Waals surface area contributed by atoms with Crippen molar-refractivity contribution in [3.63, 3.8) is 0 Å². The number of amides is 1. The minimum atomic E-state index is -0.831. The fourth-order valence-corrected chi connectivity index (χ4v) is 4.53. The van der Waals surface area contributed by atoms with Gasteiger partial charge in [-0.3, -0.25) is 4.79 Å². The van der Waals surface area contributed by atoms with Crippen molar-refractivity contribution in [3.8, 4) is 0 Å². The summed E-state index contributed by atoms with van der Waals surface area (Å²) >= 11 is 3.43. The third kappa shape index (κ3) is 2.90. The number of hydrogen-bond acceptors (Lipinski definition) is 3. The summed E-state index contributed by atoms with van der Waals surface area (Å²) < 4.78 is 6.93. The van der Waals surface area contributed by atoms with Crippen molar-refractivity contribution in [2.45, 2.75) is 44.9 Å². The van der Waals surface area contributed by atoms with E-state index in [1.165, 1.54) is 0 Å². The number of carbonyl (C=O) groups is 1. The molecule has 2 aliphatic rings. The van der Waals surface area contributed by atoms with E-state index >= 15 is 0 Å². The molecule has 0 aromatic heterocycles. The molecule has 3 unspecified atom stereocenters. The SMILES string of the molecule is CN(Cc1ccc(Br)cc1)C(=O)C1(N)C2CCCOC2C1(C)C.Cl. The number of nitrogens with two attached hydrogens (primary N) is 1. The van der Waals surface area contributed by atoms with Gasteiger partial charge in [-0.15, -0.1) is 12.4 Å². The van der Waals surface area contributed by atoms with Crippen LogP contribution in [0.5, 0.6) is 0 Å². The molecule has 1 aromatic rings. The number of halogens is 2. The monoisotopic (exact) mass is 416 g/mol. The van der Waals surface area contributed by atoms with E-state index in [1.54, 1.807) is 4.90 Å². The van der Waals surface area contributed by atoms with Crippen LogP contribution in [0.1, 0.15) is 32.3 Å². The number of nitrogens with zero attached hydrogens (tertiary/aromatic N) is 1. The maximum absolute atomic E-state index is 13.1. The van der Waals surface area contributed by atoms with Gasteiger partial charge in [-0.25, -0.2) is 0 Å². The standard InChI is InChI=1S/C18H25BrN2O2.ClH/c1-17(2)15-14(5-4-10-23-15)18(17,20)16(22)21(3)11-12-6-8-13(19)9-7-12;/h6-9,14-15H,4-5,10-11,20H2,1-3H3;1H. The summed E-state index contributed by atoms with van der Waals surface area (Å²) in [4.78, 5) is 14.9. The van der Waals surface area contributed by atoms with Crippen molar-refractivity contribution in [3.05, 3.63) is 34.3 Å². The smallest absolute Gasteiger partial charge is 0.243 e. The Balaban J connectivity index is 0.00000208. The molecule has 1 saturated heterocycles. The molecule has 1 amide bonds. The molecule has 4 nitrogen and oxygen atoms in total. The van der Waals surface area contributed by atoms with Gasteiger partial charge < -0.3 is 15.4 Å². The minimum absolute atomic E-state index is 0. The van der Waals surface area contributed by atoms with E-state index in [0.29, 0.717) is 6.54 Å². The van der Waals surface area contributed by atoms with E-state index < -0.39 is 5.54 Å². The second-order valence-electron chi connectivity index (χ2n) is 7.42. The fraction of sp³-hybridized carbons (Fsp3) is 0.611. The number of ether oxygens (including phenoxy) is 1. The highest BCUT2D eigenvalue weighted by atomic mass is 79.9. The molecule has 0 bridgehead atoms. The van der Waals surface area contributed by atoms with Crippen molar-refractivity contribution in [1.82, 2.24) is 4.90 Å². The molecule has 3 atom stereocenters. The first-order valence-electron chi connectivity index (χ1n) is 8.19. The third-order valence-electron chi connectivity index (χ3n) is 5.72. The van der Waals surface area contributed by atoms with Crippen LogP contribution < -0.4 is 5.73 Å². The van der Waals surface area contributed by atoms with E-state index in [4.69, 9.17) is 10.5 Å². The van der Waals surface area contributed by atoms with Crippen LogP contribution >= 0.6 is 28.3 Å². The zero-order valence-corrected chi connectivity index (χ0v) is 16.8. The van der Waals surface area contributed by atoms with Crippen molar-refractivity contribution >= 4 is 34.2 Å². The fourth-order valence-electron chi connectivity index (χ4n) is 4.26. The van der Waals surface area contributed by atoms with Crippen molar-refractivity contribution in [2.24, 2.45) is 17.1 Å². The molecule has 1 aliphatic heterocycles. The van der Waals surface area contributed by atoms with Gasteiger partial charge in [0.25, 0.3) is 0 Å². The molecule has 6 heteroatoms. The molecular formula is C18H26BrClN2O2. The highest BCUT2D eigenvalue weighted by Crippen LogP contribution is 2.57. The molecule has 0 radical (unpaired) electrons. The van der Waals surface area contributed by atoms with Crippen LogP contribution in [0.3, 0.4) is 0 Å². The molecular weight excluding hydrogens is 392 g/mol. The number of fused-ring (bicyclic) bond motifs is 1. The highest BCUT2D eigenvalue weighted by Gasteiger charge is 2.70. The molecule has 0 spiro atoms.